The second-order valence-electron chi connectivity index (χ2n) is 4.25. The van der Waals surface area contributed by atoms with Crippen molar-refractivity contribution < 1.29 is 0 Å². The van der Waals surface area contributed by atoms with Gasteiger partial charge in [-0.05, 0) is 37.3 Å². The van der Waals surface area contributed by atoms with E-state index in [0.29, 0.717) is 10.4 Å². The van der Waals surface area contributed by atoms with Crippen LogP contribution in [0.2, 0.25) is 5.02 Å². The van der Waals surface area contributed by atoms with Gasteiger partial charge >= 0.3 is 0 Å². The zero-order valence-corrected chi connectivity index (χ0v) is 10.7. The lowest BCUT2D eigenvalue weighted by molar-refractivity contribution is 0.821. The molecule has 1 aromatic heterocycles. The van der Waals surface area contributed by atoms with Crippen LogP contribution < -0.4 is 5.43 Å². The molecule has 0 aliphatic heterocycles. The molecule has 0 amide bonds. The van der Waals surface area contributed by atoms with Gasteiger partial charge in [0.05, 0.1) is 11.0 Å². The Morgan fingerprint density at radius 3 is 2.56 bits per heavy atom. The Hall–Kier alpha value is -1.80. The Labute approximate surface area is 109 Å². The second-order valence-corrected chi connectivity index (χ2v) is 4.69. The Kier molecular flexibility index (Phi) is 2.60. The summed E-state index contributed by atoms with van der Waals surface area (Å²) in [5.74, 6) is 0. The highest BCUT2D eigenvalue weighted by Gasteiger charge is 2.09. The summed E-state index contributed by atoms with van der Waals surface area (Å²) >= 11 is 5.99. The SMILES string of the molecule is CCn1c2ccccc2c(=O)c2cc(Cl)ccc21. The predicted molar refractivity (Wildman–Crippen MR) is 76.4 cm³/mol. The molecule has 0 spiro atoms. The van der Waals surface area contributed by atoms with Crippen molar-refractivity contribution in [1.82, 2.24) is 4.57 Å². The minimum Gasteiger partial charge on any atom is -0.341 e. The van der Waals surface area contributed by atoms with E-state index in [-0.39, 0.29) is 5.43 Å². The molecule has 0 unspecified atom stereocenters. The number of rotatable bonds is 1. The Balaban J connectivity index is 2.66. The lowest BCUT2D eigenvalue weighted by Gasteiger charge is -2.13. The van der Waals surface area contributed by atoms with Crippen molar-refractivity contribution in [2.45, 2.75) is 13.5 Å². The molecule has 0 aliphatic carbocycles. The maximum Gasteiger partial charge on any atom is 0.197 e. The smallest absolute Gasteiger partial charge is 0.197 e. The van der Waals surface area contributed by atoms with Crippen LogP contribution in [0.5, 0.6) is 0 Å². The van der Waals surface area contributed by atoms with Crippen molar-refractivity contribution in [3.05, 3.63) is 57.7 Å². The molecule has 1 heterocycles. The first-order valence-electron chi connectivity index (χ1n) is 5.93. The van der Waals surface area contributed by atoms with E-state index in [1.165, 1.54) is 0 Å². The van der Waals surface area contributed by atoms with Crippen molar-refractivity contribution >= 4 is 33.4 Å². The molecule has 0 fully saturated rings. The number of pyridine rings is 1. The van der Waals surface area contributed by atoms with Crippen molar-refractivity contribution in [3.8, 4) is 0 Å². The molecule has 0 atom stereocenters. The van der Waals surface area contributed by atoms with Crippen molar-refractivity contribution in [1.29, 1.82) is 0 Å². The van der Waals surface area contributed by atoms with E-state index in [4.69, 9.17) is 11.6 Å². The summed E-state index contributed by atoms with van der Waals surface area (Å²) in [7, 11) is 0. The highest BCUT2D eigenvalue weighted by Crippen LogP contribution is 2.21. The number of nitrogens with zero attached hydrogens (tertiary/aromatic N) is 1. The maximum absolute atomic E-state index is 12.4. The van der Waals surface area contributed by atoms with Gasteiger partial charge in [-0.1, -0.05) is 23.7 Å². The zero-order valence-electron chi connectivity index (χ0n) is 9.98. The minimum absolute atomic E-state index is 0.0489. The molecular formula is C15H12ClNO. The molecule has 0 radical (unpaired) electrons. The third-order valence-corrected chi connectivity index (χ3v) is 3.48. The van der Waals surface area contributed by atoms with Gasteiger partial charge in [-0.25, -0.2) is 0 Å². The first-order valence-corrected chi connectivity index (χ1v) is 6.31. The van der Waals surface area contributed by atoms with Gasteiger partial charge in [-0.3, -0.25) is 4.79 Å². The number of para-hydroxylation sites is 1. The van der Waals surface area contributed by atoms with Crippen LogP contribution in [-0.4, -0.2) is 4.57 Å². The van der Waals surface area contributed by atoms with Crippen LogP contribution in [0.25, 0.3) is 21.8 Å². The van der Waals surface area contributed by atoms with E-state index in [2.05, 4.69) is 11.5 Å². The fourth-order valence-electron chi connectivity index (χ4n) is 2.44. The van der Waals surface area contributed by atoms with Crippen molar-refractivity contribution in [2.75, 3.05) is 0 Å². The van der Waals surface area contributed by atoms with Crippen molar-refractivity contribution in [3.63, 3.8) is 0 Å². The molecule has 0 saturated carbocycles. The Morgan fingerprint density at radius 1 is 1.06 bits per heavy atom. The lowest BCUT2D eigenvalue weighted by Crippen LogP contribution is -2.10. The number of halogens is 1. The molecule has 3 heteroatoms. The summed E-state index contributed by atoms with van der Waals surface area (Å²) in [6.45, 7) is 2.89. The summed E-state index contributed by atoms with van der Waals surface area (Å²) in [5.41, 5.74) is 1.96. The van der Waals surface area contributed by atoms with E-state index >= 15 is 0 Å². The van der Waals surface area contributed by atoms with E-state index < -0.39 is 0 Å². The van der Waals surface area contributed by atoms with Gasteiger partial charge in [0.2, 0.25) is 0 Å². The van der Waals surface area contributed by atoms with E-state index in [9.17, 15) is 4.79 Å². The van der Waals surface area contributed by atoms with E-state index in [0.717, 1.165) is 23.0 Å². The molecule has 18 heavy (non-hydrogen) atoms. The summed E-state index contributed by atoms with van der Waals surface area (Å²) in [6, 6.07) is 13.2. The molecular weight excluding hydrogens is 246 g/mol. The van der Waals surface area contributed by atoms with Crippen LogP contribution in [0, 0.1) is 0 Å². The lowest BCUT2D eigenvalue weighted by atomic mass is 10.1. The average Bonchev–Trinajstić information content (AvgIpc) is 2.40. The van der Waals surface area contributed by atoms with E-state index in [1.807, 2.05) is 36.4 Å². The number of hydrogen-bond acceptors (Lipinski definition) is 1. The number of hydrogen-bond donors (Lipinski definition) is 0. The second kappa shape index (κ2) is 4.14. The normalized spacial score (nSPS) is 11.2. The number of fused-ring (bicyclic) bond motifs is 2. The topological polar surface area (TPSA) is 22.0 Å². The third-order valence-electron chi connectivity index (χ3n) is 3.25. The molecule has 2 nitrogen and oxygen atoms in total. The molecule has 90 valence electrons. The summed E-state index contributed by atoms with van der Waals surface area (Å²) < 4.78 is 2.14. The van der Waals surface area contributed by atoms with Crippen LogP contribution >= 0.6 is 11.6 Å². The van der Waals surface area contributed by atoms with Gasteiger partial charge in [0, 0.05) is 22.3 Å². The predicted octanol–water partition coefficient (Wildman–Crippen LogP) is 3.83. The number of aryl methyl sites for hydroxylation is 1. The molecule has 2 aromatic carbocycles. The molecule has 0 aliphatic rings. The zero-order chi connectivity index (χ0) is 12.7. The van der Waals surface area contributed by atoms with Crippen LogP contribution in [0.3, 0.4) is 0 Å². The van der Waals surface area contributed by atoms with Gasteiger partial charge < -0.3 is 4.57 Å². The largest absolute Gasteiger partial charge is 0.341 e. The standard InChI is InChI=1S/C15H12ClNO/c1-2-17-13-6-4-3-5-11(13)15(18)12-9-10(16)7-8-14(12)17/h3-9H,2H2,1H3. The molecule has 0 saturated heterocycles. The number of benzene rings is 2. The highest BCUT2D eigenvalue weighted by molar-refractivity contribution is 6.31. The first kappa shape index (κ1) is 11.3. The Morgan fingerprint density at radius 2 is 1.78 bits per heavy atom. The monoisotopic (exact) mass is 257 g/mol. The quantitative estimate of drug-likeness (QED) is 0.608. The molecule has 3 aromatic rings. The van der Waals surface area contributed by atoms with Gasteiger partial charge in [-0.15, -0.1) is 0 Å². The minimum atomic E-state index is 0.0489. The number of aromatic nitrogens is 1. The van der Waals surface area contributed by atoms with Crippen LogP contribution in [0.4, 0.5) is 0 Å². The van der Waals surface area contributed by atoms with Gasteiger partial charge in [0.25, 0.3) is 0 Å². The van der Waals surface area contributed by atoms with E-state index in [1.54, 1.807) is 6.07 Å². The van der Waals surface area contributed by atoms with Crippen LogP contribution in [0.15, 0.2) is 47.3 Å². The van der Waals surface area contributed by atoms with Gasteiger partial charge in [0.15, 0.2) is 5.43 Å². The Bertz CT molecular complexity index is 805. The van der Waals surface area contributed by atoms with Crippen LogP contribution in [-0.2, 0) is 6.54 Å². The average molecular weight is 258 g/mol. The summed E-state index contributed by atoms with van der Waals surface area (Å²) in [5, 5.41) is 2.02. The molecule has 0 bridgehead atoms. The van der Waals surface area contributed by atoms with Crippen LogP contribution in [0.1, 0.15) is 6.92 Å². The first-order chi connectivity index (χ1) is 8.72. The summed E-state index contributed by atoms with van der Waals surface area (Å²) in [4.78, 5) is 12.4. The maximum atomic E-state index is 12.4. The summed E-state index contributed by atoms with van der Waals surface area (Å²) in [6.07, 6.45) is 0. The highest BCUT2D eigenvalue weighted by atomic mass is 35.5. The molecule has 3 rings (SSSR count). The third kappa shape index (κ3) is 1.53. The van der Waals surface area contributed by atoms with Crippen molar-refractivity contribution in [2.24, 2.45) is 0 Å². The van der Waals surface area contributed by atoms with Gasteiger partial charge in [0.1, 0.15) is 0 Å². The molecule has 0 N–H and O–H groups in total. The fraction of sp³-hybridized carbons (Fsp3) is 0.133. The fourth-order valence-corrected chi connectivity index (χ4v) is 2.61. The van der Waals surface area contributed by atoms with Gasteiger partial charge in [-0.2, -0.15) is 0 Å².